The zero-order valence-corrected chi connectivity index (χ0v) is 12.4. The molecule has 0 fully saturated rings. The molecule has 4 heteroatoms. The highest BCUT2D eigenvalue weighted by molar-refractivity contribution is 5.54. The van der Waals surface area contributed by atoms with Gasteiger partial charge >= 0.3 is 0 Å². The van der Waals surface area contributed by atoms with Crippen molar-refractivity contribution in [2.75, 3.05) is 38.8 Å². The molecular formula is C15H25NO3. The number of hydrogen-bond donors (Lipinski definition) is 1. The molecule has 0 aliphatic heterocycles. The Morgan fingerprint density at radius 2 is 1.79 bits per heavy atom. The summed E-state index contributed by atoms with van der Waals surface area (Å²) in [6, 6.07) is 5.93. The first-order chi connectivity index (χ1) is 9.21. The molecule has 0 aromatic heterocycles. The van der Waals surface area contributed by atoms with Crippen LogP contribution in [0.4, 0.5) is 5.69 Å². The quantitative estimate of drug-likeness (QED) is 0.746. The van der Waals surface area contributed by atoms with Crippen LogP contribution in [-0.4, -0.2) is 33.5 Å². The molecule has 108 valence electrons. The van der Waals surface area contributed by atoms with E-state index in [4.69, 9.17) is 14.2 Å². The van der Waals surface area contributed by atoms with Gasteiger partial charge in [0.25, 0.3) is 0 Å². The van der Waals surface area contributed by atoms with Crippen LogP contribution >= 0.6 is 0 Å². The Labute approximate surface area is 116 Å². The molecule has 1 N–H and O–H groups in total. The highest BCUT2D eigenvalue weighted by atomic mass is 16.5. The molecule has 0 saturated carbocycles. The standard InChI is InChI=1S/C15H25NO3/c1-5-18-14-8-7-13(9-15(14)19-6-2)16-10-12(3)11-17-4/h7-9,12,16H,5-6,10-11H2,1-4H3. The maximum absolute atomic E-state index is 5.59. The Bertz CT molecular complexity index is 368. The van der Waals surface area contributed by atoms with Crippen LogP contribution in [0.25, 0.3) is 0 Å². The molecule has 0 aliphatic carbocycles. The third kappa shape index (κ3) is 5.39. The number of hydrogen-bond acceptors (Lipinski definition) is 4. The minimum absolute atomic E-state index is 0.465. The smallest absolute Gasteiger partial charge is 0.163 e. The summed E-state index contributed by atoms with van der Waals surface area (Å²) in [7, 11) is 1.72. The lowest BCUT2D eigenvalue weighted by atomic mass is 10.2. The summed E-state index contributed by atoms with van der Waals surface area (Å²) in [5, 5.41) is 3.38. The van der Waals surface area contributed by atoms with Crippen molar-refractivity contribution in [2.45, 2.75) is 20.8 Å². The van der Waals surface area contributed by atoms with Gasteiger partial charge in [-0.1, -0.05) is 6.92 Å². The normalized spacial score (nSPS) is 12.0. The van der Waals surface area contributed by atoms with Crippen molar-refractivity contribution in [3.63, 3.8) is 0 Å². The van der Waals surface area contributed by atoms with Crippen LogP contribution in [0.15, 0.2) is 18.2 Å². The van der Waals surface area contributed by atoms with E-state index in [1.54, 1.807) is 7.11 Å². The lowest BCUT2D eigenvalue weighted by Crippen LogP contribution is -2.15. The van der Waals surface area contributed by atoms with E-state index < -0.39 is 0 Å². The minimum atomic E-state index is 0.465. The molecule has 4 nitrogen and oxygen atoms in total. The fourth-order valence-electron chi connectivity index (χ4n) is 1.80. The number of anilines is 1. The zero-order chi connectivity index (χ0) is 14.1. The first-order valence-corrected chi connectivity index (χ1v) is 6.83. The summed E-state index contributed by atoms with van der Waals surface area (Å²) in [5.74, 6) is 2.04. The van der Waals surface area contributed by atoms with Crippen molar-refractivity contribution in [1.82, 2.24) is 0 Å². The van der Waals surface area contributed by atoms with E-state index in [1.165, 1.54) is 0 Å². The summed E-state index contributed by atoms with van der Waals surface area (Å²) in [4.78, 5) is 0. The number of ether oxygens (including phenoxy) is 3. The Balaban J connectivity index is 2.66. The highest BCUT2D eigenvalue weighted by Gasteiger charge is 2.07. The Kier molecular flexibility index (Phi) is 7.11. The van der Waals surface area contributed by atoms with Crippen LogP contribution < -0.4 is 14.8 Å². The maximum atomic E-state index is 5.59. The molecule has 0 amide bonds. The van der Waals surface area contributed by atoms with Crippen LogP contribution in [0.5, 0.6) is 11.5 Å². The predicted octanol–water partition coefficient (Wildman–Crippen LogP) is 3.18. The van der Waals surface area contributed by atoms with Gasteiger partial charge in [-0.15, -0.1) is 0 Å². The molecule has 0 radical (unpaired) electrons. The predicted molar refractivity (Wildman–Crippen MR) is 78.3 cm³/mol. The molecule has 0 saturated heterocycles. The third-order valence-electron chi connectivity index (χ3n) is 2.65. The van der Waals surface area contributed by atoms with E-state index in [1.807, 2.05) is 32.0 Å². The van der Waals surface area contributed by atoms with Gasteiger partial charge in [0.1, 0.15) is 0 Å². The molecule has 0 heterocycles. The number of rotatable bonds is 9. The summed E-state index contributed by atoms with van der Waals surface area (Å²) in [5.41, 5.74) is 1.04. The first kappa shape index (κ1) is 15.6. The van der Waals surface area contributed by atoms with Crippen LogP contribution in [0.1, 0.15) is 20.8 Å². The van der Waals surface area contributed by atoms with Crippen molar-refractivity contribution in [3.05, 3.63) is 18.2 Å². The lowest BCUT2D eigenvalue weighted by Gasteiger charge is -2.15. The van der Waals surface area contributed by atoms with Gasteiger partial charge < -0.3 is 19.5 Å². The topological polar surface area (TPSA) is 39.7 Å². The molecule has 0 bridgehead atoms. The number of methoxy groups -OCH3 is 1. The second-order valence-electron chi connectivity index (χ2n) is 4.47. The second-order valence-corrected chi connectivity index (χ2v) is 4.47. The largest absolute Gasteiger partial charge is 0.490 e. The average Bonchev–Trinajstić information content (AvgIpc) is 2.40. The minimum Gasteiger partial charge on any atom is -0.490 e. The Morgan fingerprint density at radius 1 is 1.11 bits per heavy atom. The van der Waals surface area contributed by atoms with Gasteiger partial charge in [0.2, 0.25) is 0 Å². The summed E-state index contributed by atoms with van der Waals surface area (Å²) in [6.45, 7) is 8.97. The van der Waals surface area contributed by atoms with Gasteiger partial charge in [-0.25, -0.2) is 0 Å². The zero-order valence-electron chi connectivity index (χ0n) is 12.4. The Morgan fingerprint density at radius 3 is 2.42 bits per heavy atom. The summed E-state index contributed by atoms with van der Waals surface area (Å²) >= 11 is 0. The monoisotopic (exact) mass is 267 g/mol. The molecule has 1 atom stereocenters. The molecule has 0 aliphatic rings. The molecule has 0 spiro atoms. The maximum Gasteiger partial charge on any atom is 0.163 e. The van der Waals surface area contributed by atoms with E-state index in [-0.39, 0.29) is 0 Å². The van der Waals surface area contributed by atoms with Gasteiger partial charge in [0.05, 0.1) is 19.8 Å². The number of nitrogens with one attached hydrogen (secondary N) is 1. The van der Waals surface area contributed by atoms with E-state index in [9.17, 15) is 0 Å². The van der Waals surface area contributed by atoms with Gasteiger partial charge in [-0.2, -0.15) is 0 Å². The van der Waals surface area contributed by atoms with E-state index in [0.29, 0.717) is 19.1 Å². The second kappa shape index (κ2) is 8.64. The van der Waals surface area contributed by atoms with Crippen molar-refractivity contribution >= 4 is 5.69 Å². The number of benzene rings is 1. The van der Waals surface area contributed by atoms with Crippen LogP contribution in [0, 0.1) is 5.92 Å². The van der Waals surface area contributed by atoms with Crippen molar-refractivity contribution in [1.29, 1.82) is 0 Å². The van der Waals surface area contributed by atoms with Crippen LogP contribution in [0.2, 0.25) is 0 Å². The van der Waals surface area contributed by atoms with Gasteiger partial charge in [0, 0.05) is 25.4 Å². The summed E-state index contributed by atoms with van der Waals surface area (Å²) in [6.07, 6.45) is 0. The molecule has 19 heavy (non-hydrogen) atoms. The van der Waals surface area contributed by atoms with Crippen molar-refractivity contribution in [3.8, 4) is 11.5 Å². The molecule has 1 unspecified atom stereocenters. The molecule has 1 rings (SSSR count). The highest BCUT2D eigenvalue weighted by Crippen LogP contribution is 2.30. The van der Waals surface area contributed by atoms with Gasteiger partial charge in [0.15, 0.2) is 11.5 Å². The fourth-order valence-corrected chi connectivity index (χ4v) is 1.80. The molecule has 1 aromatic carbocycles. The van der Waals surface area contributed by atoms with Crippen LogP contribution in [0.3, 0.4) is 0 Å². The van der Waals surface area contributed by atoms with Crippen molar-refractivity contribution < 1.29 is 14.2 Å². The fraction of sp³-hybridized carbons (Fsp3) is 0.600. The Hall–Kier alpha value is -1.42. The lowest BCUT2D eigenvalue weighted by molar-refractivity contribution is 0.164. The van der Waals surface area contributed by atoms with Crippen molar-refractivity contribution in [2.24, 2.45) is 5.92 Å². The van der Waals surface area contributed by atoms with E-state index in [0.717, 1.165) is 30.3 Å². The van der Waals surface area contributed by atoms with Crippen LogP contribution in [-0.2, 0) is 4.74 Å². The molecule has 1 aromatic rings. The summed E-state index contributed by atoms with van der Waals surface area (Å²) < 4.78 is 16.3. The average molecular weight is 267 g/mol. The van der Waals surface area contributed by atoms with Gasteiger partial charge in [-0.05, 0) is 31.9 Å². The molecular weight excluding hydrogens is 242 g/mol. The van der Waals surface area contributed by atoms with E-state index in [2.05, 4.69) is 12.2 Å². The van der Waals surface area contributed by atoms with E-state index >= 15 is 0 Å². The SMILES string of the molecule is CCOc1ccc(NCC(C)COC)cc1OCC. The third-order valence-corrected chi connectivity index (χ3v) is 2.65. The first-order valence-electron chi connectivity index (χ1n) is 6.83. The van der Waals surface area contributed by atoms with Gasteiger partial charge in [-0.3, -0.25) is 0 Å².